The first-order valence-electron chi connectivity index (χ1n) is 5.88. The third kappa shape index (κ3) is 6.86. The van der Waals surface area contributed by atoms with Crippen molar-refractivity contribution in [2.24, 2.45) is 5.92 Å². The molecule has 78 valence electrons. The molecule has 0 aliphatic rings. The summed E-state index contributed by atoms with van der Waals surface area (Å²) >= 11 is 0. The van der Waals surface area contributed by atoms with E-state index in [1.807, 2.05) is 0 Å². The first-order valence-corrected chi connectivity index (χ1v) is 5.88. The quantitative estimate of drug-likeness (QED) is 0.386. The van der Waals surface area contributed by atoms with Crippen molar-refractivity contribution in [2.45, 2.75) is 66.2 Å². The maximum absolute atomic E-state index is 2.38. The minimum Gasteiger partial charge on any atom is -0.0885 e. The first-order chi connectivity index (χ1) is 6.24. The lowest BCUT2D eigenvalue weighted by Gasteiger charge is -2.12. The normalized spacial score (nSPS) is 14.6. The summed E-state index contributed by atoms with van der Waals surface area (Å²) < 4.78 is 0. The third-order valence-electron chi connectivity index (χ3n) is 2.77. The molecule has 0 nitrogen and oxygen atoms in total. The Morgan fingerprint density at radius 2 is 1.92 bits per heavy atom. The lowest BCUT2D eigenvalue weighted by atomic mass is 9.94. The van der Waals surface area contributed by atoms with Gasteiger partial charge in [0.2, 0.25) is 0 Å². The van der Waals surface area contributed by atoms with Gasteiger partial charge in [0, 0.05) is 0 Å². The second-order valence-corrected chi connectivity index (χ2v) is 4.11. The van der Waals surface area contributed by atoms with Crippen LogP contribution in [-0.4, -0.2) is 0 Å². The molecular formula is C13H26. The van der Waals surface area contributed by atoms with Crippen LogP contribution in [0.25, 0.3) is 0 Å². The Bertz CT molecular complexity index is 133. The zero-order chi connectivity index (χ0) is 10.1. The van der Waals surface area contributed by atoms with Crippen LogP contribution in [0, 0.1) is 5.92 Å². The molecule has 0 fully saturated rings. The fourth-order valence-corrected chi connectivity index (χ4v) is 1.76. The van der Waals surface area contributed by atoms with E-state index in [1.165, 1.54) is 38.5 Å². The van der Waals surface area contributed by atoms with E-state index < -0.39 is 0 Å². The molecule has 0 radical (unpaired) electrons. The Hall–Kier alpha value is -0.260. The van der Waals surface area contributed by atoms with Gasteiger partial charge in [-0.1, -0.05) is 58.1 Å². The van der Waals surface area contributed by atoms with Gasteiger partial charge in [-0.15, -0.1) is 0 Å². The van der Waals surface area contributed by atoms with E-state index in [0.717, 1.165) is 5.92 Å². The van der Waals surface area contributed by atoms with Gasteiger partial charge in [0.1, 0.15) is 0 Å². The second kappa shape index (κ2) is 8.34. The fraction of sp³-hybridized carbons (Fsp3) is 0.846. The topological polar surface area (TPSA) is 0 Å². The minimum absolute atomic E-state index is 0.887. The van der Waals surface area contributed by atoms with Crippen molar-refractivity contribution < 1.29 is 0 Å². The van der Waals surface area contributed by atoms with Crippen molar-refractivity contribution in [2.75, 3.05) is 0 Å². The molecule has 0 aromatic carbocycles. The molecule has 0 aliphatic heterocycles. The highest BCUT2D eigenvalue weighted by molar-refractivity contribution is 4.99. The SMILES string of the molecule is CC=C(CC)CC(C)CCCCC. The van der Waals surface area contributed by atoms with Crippen molar-refractivity contribution in [1.29, 1.82) is 0 Å². The van der Waals surface area contributed by atoms with Crippen molar-refractivity contribution in [3.05, 3.63) is 11.6 Å². The average Bonchev–Trinajstić information content (AvgIpc) is 2.14. The van der Waals surface area contributed by atoms with Crippen LogP contribution in [0.4, 0.5) is 0 Å². The molecule has 0 aromatic heterocycles. The summed E-state index contributed by atoms with van der Waals surface area (Å²) in [6.07, 6.45) is 10.4. The van der Waals surface area contributed by atoms with Crippen molar-refractivity contribution in [3.8, 4) is 0 Å². The molecule has 0 aromatic rings. The highest BCUT2D eigenvalue weighted by Crippen LogP contribution is 2.19. The predicted octanol–water partition coefficient (Wildman–Crippen LogP) is 4.95. The zero-order valence-corrected chi connectivity index (χ0v) is 9.90. The molecule has 0 amide bonds. The molecule has 0 bridgehead atoms. The Morgan fingerprint density at radius 3 is 2.38 bits per heavy atom. The Labute approximate surface area is 84.4 Å². The molecule has 0 spiro atoms. The van der Waals surface area contributed by atoms with E-state index in [4.69, 9.17) is 0 Å². The van der Waals surface area contributed by atoms with Gasteiger partial charge in [0.15, 0.2) is 0 Å². The lowest BCUT2D eigenvalue weighted by molar-refractivity contribution is 0.487. The summed E-state index contributed by atoms with van der Waals surface area (Å²) in [6.45, 7) is 9.08. The van der Waals surface area contributed by atoms with E-state index in [1.54, 1.807) is 5.57 Å². The van der Waals surface area contributed by atoms with E-state index in [2.05, 4.69) is 33.8 Å². The van der Waals surface area contributed by atoms with E-state index >= 15 is 0 Å². The molecule has 1 atom stereocenters. The summed E-state index contributed by atoms with van der Waals surface area (Å²) in [5, 5.41) is 0. The average molecular weight is 182 g/mol. The molecule has 0 aliphatic carbocycles. The van der Waals surface area contributed by atoms with E-state index in [0.29, 0.717) is 0 Å². The summed E-state index contributed by atoms with van der Waals surface area (Å²) in [5.41, 5.74) is 1.63. The van der Waals surface area contributed by atoms with Crippen molar-refractivity contribution >= 4 is 0 Å². The lowest BCUT2D eigenvalue weighted by Crippen LogP contribution is -1.96. The van der Waals surface area contributed by atoms with Gasteiger partial charge in [0.25, 0.3) is 0 Å². The summed E-state index contributed by atoms with van der Waals surface area (Å²) in [5.74, 6) is 0.887. The zero-order valence-electron chi connectivity index (χ0n) is 9.90. The molecule has 13 heavy (non-hydrogen) atoms. The Balaban J connectivity index is 3.54. The summed E-state index contributed by atoms with van der Waals surface area (Å²) in [6, 6.07) is 0. The van der Waals surface area contributed by atoms with E-state index in [9.17, 15) is 0 Å². The number of unbranched alkanes of at least 4 members (excludes halogenated alkanes) is 2. The van der Waals surface area contributed by atoms with Crippen LogP contribution in [0.2, 0.25) is 0 Å². The Kier molecular flexibility index (Phi) is 8.18. The summed E-state index contributed by atoms with van der Waals surface area (Å²) in [4.78, 5) is 0. The molecule has 0 saturated carbocycles. The van der Waals surface area contributed by atoms with Crippen LogP contribution in [-0.2, 0) is 0 Å². The summed E-state index contributed by atoms with van der Waals surface area (Å²) in [7, 11) is 0. The Morgan fingerprint density at radius 1 is 1.23 bits per heavy atom. The van der Waals surface area contributed by atoms with Crippen LogP contribution in [0.1, 0.15) is 66.2 Å². The largest absolute Gasteiger partial charge is 0.0885 e. The van der Waals surface area contributed by atoms with Gasteiger partial charge >= 0.3 is 0 Å². The predicted molar refractivity (Wildman–Crippen MR) is 62.0 cm³/mol. The van der Waals surface area contributed by atoms with Crippen molar-refractivity contribution in [3.63, 3.8) is 0 Å². The van der Waals surface area contributed by atoms with Gasteiger partial charge in [-0.25, -0.2) is 0 Å². The van der Waals surface area contributed by atoms with Gasteiger partial charge in [0.05, 0.1) is 0 Å². The smallest absolute Gasteiger partial charge is 0.0295 e. The number of hydrogen-bond acceptors (Lipinski definition) is 0. The second-order valence-electron chi connectivity index (χ2n) is 4.11. The van der Waals surface area contributed by atoms with Gasteiger partial charge in [-0.3, -0.25) is 0 Å². The van der Waals surface area contributed by atoms with Crippen LogP contribution in [0.5, 0.6) is 0 Å². The molecular weight excluding hydrogens is 156 g/mol. The van der Waals surface area contributed by atoms with Gasteiger partial charge < -0.3 is 0 Å². The van der Waals surface area contributed by atoms with Crippen LogP contribution < -0.4 is 0 Å². The first kappa shape index (κ1) is 12.7. The maximum atomic E-state index is 2.38. The molecule has 1 unspecified atom stereocenters. The van der Waals surface area contributed by atoms with Gasteiger partial charge in [-0.2, -0.15) is 0 Å². The maximum Gasteiger partial charge on any atom is -0.0295 e. The van der Waals surface area contributed by atoms with Crippen LogP contribution in [0.3, 0.4) is 0 Å². The number of allylic oxidation sites excluding steroid dienone is 2. The van der Waals surface area contributed by atoms with Gasteiger partial charge in [-0.05, 0) is 25.7 Å². The van der Waals surface area contributed by atoms with Crippen LogP contribution >= 0.6 is 0 Å². The minimum atomic E-state index is 0.887. The number of rotatable bonds is 7. The highest BCUT2D eigenvalue weighted by atomic mass is 14.1. The van der Waals surface area contributed by atoms with E-state index in [-0.39, 0.29) is 0 Å². The standard InChI is InChI=1S/C13H26/c1-5-8-9-10-12(4)11-13(6-2)7-3/h6,12H,5,7-11H2,1-4H3. The molecule has 0 heterocycles. The fourth-order valence-electron chi connectivity index (χ4n) is 1.76. The molecule has 0 heteroatoms. The van der Waals surface area contributed by atoms with Crippen LogP contribution in [0.15, 0.2) is 11.6 Å². The molecule has 0 rings (SSSR count). The number of hydrogen-bond donors (Lipinski definition) is 0. The van der Waals surface area contributed by atoms with Crippen molar-refractivity contribution in [1.82, 2.24) is 0 Å². The highest BCUT2D eigenvalue weighted by Gasteiger charge is 2.03. The monoisotopic (exact) mass is 182 g/mol. The molecule has 0 saturated heterocycles. The third-order valence-corrected chi connectivity index (χ3v) is 2.77. The molecule has 0 N–H and O–H groups in total.